The van der Waals surface area contributed by atoms with Crippen LogP contribution in [0.15, 0.2) is 40.3 Å². The van der Waals surface area contributed by atoms with E-state index in [0.29, 0.717) is 15.1 Å². The number of hydrogen-bond donors (Lipinski definition) is 1. The Kier molecular flexibility index (Phi) is 5.14. The van der Waals surface area contributed by atoms with Crippen molar-refractivity contribution in [3.63, 3.8) is 0 Å². The van der Waals surface area contributed by atoms with Crippen LogP contribution in [0.1, 0.15) is 35.8 Å². The van der Waals surface area contributed by atoms with Gasteiger partial charge in [-0.05, 0) is 36.2 Å². The summed E-state index contributed by atoms with van der Waals surface area (Å²) in [5, 5.41) is 10.7. The maximum atomic E-state index is 11.2. The molecule has 21 heavy (non-hydrogen) atoms. The summed E-state index contributed by atoms with van der Waals surface area (Å²) in [7, 11) is 0. The monoisotopic (exact) mass is 341 g/mol. The molecule has 0 aliphatic heterocycles. The van der Waals surface area contributed by atoms with Crippen LogP contribution >= 0.6 is 35.0 Å². The second-order valence-corrected chi connectivity index (χ2v) is 6.66. The fraction of sp³-hybridized carbons (Fsp3) is 0.200. The summed E-state index contributed by atoms with van der Waals surface area (Å²) >= 11 is 13.2. The highest BCUT2D eigenvalue weighted by atomic mass is 35.5. The summed E-state index contributed by atoms with van der Waals surface area (Å²) in [6, 6.07) is 8.42. The molecular formula is C15H13Cl2NO2S. The second-order valence-electron chi connectivity index (χ2n) is 4.76. The topological polar surface area (TPSA) is 50.2 Å². The zero-order chi connectivity index (χ0) is 15.6. The van der Waals surface area contributed by atoms with Gasteiger partial charge in [-0.25, -0.2) is 9.78 Å². The van der Waals surface area contributed by atoms with Gasteiger partial charge in [0, 0.05) is 10.6 Å². The summed E-state index contributed by atoms with van der Waals surface area (Å²) in [4.78, 5) is 16.5. The van der Waals surface area contributed by atoms with Crippen LogP contribution in [0.25, 0.3) is 0 Å². The highest BCUT2D eigenvalue weighted by molar-refractivity contribution is 7.99. The minimum absolute atomic E-state index is 0.150. The fourth-order valence-electron chi connectivity index (χ4n) is 1.66. The van der Waals surface area contributed by atoms with Crippen molar-refractivity contribution in [2.75, 3.05) is 0 Å². The van der Waals surface area contributed by atoms with Gasteiger partial charge < -0.3 is 5.11 Å². The molecule has 1 heterocycles. The van der Waals surface area contributed by atoms with Gasteiger partial charge >= 0.3 is 5.97 Å². The lowest BCUT2D eigenvalue weighted by Gasteiger charge is -2.09. The van der Waals surface area contributed by atoms with Crippen LogP contribution in [-0.2, 0) is 0 Å². The number of carboxylic acids is 1. The quantitative estimate of drug-likeness (QED) is 0.812. The molecule has 0 bridgehead atoms. The van der Waals surface area contributed by atoms with Crippen LogP contribution in [0.2, 0.25) is 10.0 Å². The van der Waals surface area contributed by atoms with Gasteiger partial charge in [0.15, 0.2) is 0 Å². The maximum absolute atomic E-state index is 11.2. The molecule has 1 aromatic heterocycles. The number of aromatic carboxylic acids is 1. The Morgan fingerprint density at radius 3 is 2.48 bits per heavy atom. The van der Waals surface area contributed by atoms with E-state index in [1.165, 1.54) is 11.8 Å². The normalized spacial score (nSPS) is 10.9. The maximum Gasteiger partial charge on any atom is 0.335 e. The van der Waals surface area contributed by atoms with Crippen molar-refractivity contribution in [2.45, 2.75) is 29.7 Å². The largest absolute Gasteiger partial charge is 0.478 e. The first-order valence-corrected chi connectivity index (χ1v) is 7.82. The molecular weight excluding hydrogens is 329 g/mol. The zero-order valence-corrected chi connectivity index (χ0v) is 13.8. The number of nitrogens with zero attached hydrogens (tertiary/aromatic N) is 1. The summed E-state index contributed by atoms with van der Waals surface area (Å²) in [5.41, 5.74) is 0.980. The third-order valence-electron chi connectivity index (χ3n) is 2.77. The number of rotatable bonds is 4. The van der Waals surface area contributed by atoms with Crippen molar-refractivity contribution in [3.8, 4) is 0 Å². The molecule has 1 N–H and O–H groups in total. The van der Waals surface area contributed by atoms with Crippen molar-refractivity contribution >= 4 is 40.9 Å². The lowest BCUT2D eigenvalue weighted by molar-refractivity contribution is 0.0696. The lowest BCUT2D eigenvalue weighted by atomic mass is 10.1. The minimum Gasteiger partial charge on any atom is -0.478 e. The standard InChI is InChI=1S/C15H13Cl2NO2S/c1-8(2)13-5-9(15(19)20)6-14(18-13)21-10-3-4-11(16)12(17)7-10/h3-8H,1-2H3,(H,19,20). The smallest absolute Gasteiger partial charge is 0.335 e. The van der Waals surface area contributed by atoms with Gasteiger partial charge in [-0.2, -0.15) is 0 Å². The van der Waals surface area contributed by atoms with E-state index in [-0.39, 0.29) is 11.5 Å². The number of pyridine rings is 1. The van der Waals surface area contributed by atoms with Gasteiger partial charge in [-0.15, -0.1) is 0 Å². The predicted molar refractivity (Wildman–Crippen MR) is 85.9 cm³/mol. The van der Waals surface area contributed by atoms with E-state index in [1.807, 2.05) is 19.9 Å². The average molecular weight is 342 g/mol. The molecule has 0 saturated heterocycles. The van der Waals surface area contributed by atoms with Crippen LogP contribution in [0.4, 0.5) is 0 Å². The van der Waals surface area contributed by atoms with E-state index in [9.17, 15) is 9.90 Å². The van der Waals surface area contributed by atoms with Gasteiger partial charge in [0.25, 0.3) is 0 Å². The summed E-state index contributed by atoms with van der Waals surface area (Å²) in [6.45, 7) is 3.95. The molecule has 2 rings (SSSR count). The van der Waals surface area contributed by atoms with Gasteiger partial charge in [-0.3, -0.25) is 0 Å². The lowest BCUT2D eigenvalue weighted by Crippen LogP contribution is -2.02. The van der Waals surface area contributed by atoms with Crippen LogP contribution in [0, 0.1) is 0 Å². The molecule has 1 aromatic carbocycles. The van der Waals surface area contributed by atoms with Gasteiger partial charge in [-0.1, -0.05) is 48.8 Å². The number of hydrogen-bond acceptors (Lipinski definition) is 3. The number of benzene rings is 1. The Hall–Kier alpha value is -1.23. The molecule has 2 aromatic rings. The Labute approximate surface area is 137 Å². The first kappa shape index (κ1) is 16.1. The molecule has 0 spiro atoms. The first-order chi connectivity index (χ1) is 9.86. The van der Waals surface area contributed by atoms with Crippen molar-refractivity contribution in [1.29, 1.82) is 0 Å². The fourth-order valence-corrected chi connectivity index (χ4v) is 2.91. The van der Waals surface area contributed by atoms with Gasteiger partial charge in [0.2, 0.25) is 0 Å². The van der Waals surface area contributed by atoms with E-state index < -0.39 is 5.97 Å². The zero-order valence-electron chi connectivity index (χ0n) is 11.4. The Bertz CT molecular complexity index is 689. The SMILES string of the molecule is CC(C)c1cc(C(=O)O)cc(Sc2ccc(Cl)c(Cl)c2)n1. The molecule has 0 unspecified atom stereocenters. The van der Waals surface area contributed by atoms with E-state index in [2.05, 4.69) is 4.98 Å². The molecule has 0 aliphatic carbocycles. The molecule has 3 nitrogen and oxygen atoms in total. The van der Waals surface area contributed by atoms with Crippen molar-refractivity contribution in [1.82, 2.24) is 4.98 Å². The van der Waals surface area contributed by atoms with Gasteiger partial charge in [0.1, 0.15) is 5.03 Å². The summed E-state index contributed by atoms with van der Waals surface area (Å²) < 4.78 is 0. The molecule has 0 amide bonds. The summed E-state index contributed by atoms with van der Waals surface area (Å²) in [5.74, 6) is -0.812. The van der Waals surface area contributed by atoms with E-state index in [4.69, 9.17) is 23.2 Å². The predicted octanol–water partition coefficient (Wildman–Crippen LogP) is 5.36. The Morgan fingerprint density at radius 2 is 1.90 bits per heavy atom. The minimum atomic E-state index is -0.963. The van der Waals surface area contributed by atoms with E-state index in [1.54, 1.807) is 24.3 Å². The highest BCUT2D eigenvalue weighted by Crippen LogP contribution is 2.32. The Morgan fingerprint density at radius 1 is 1.19 bits per heavy atom. The van der Waals surface area contributed by atoms with Gasteiger partial charge in [0.05, 0.1) is 15.6 Å². The molecule has 0 radical (unpaired) electrons. The number of carbonyl (C=O) groups is 1. The van der Waals surface area contributed by atoms with Crippen molar-refractivity contribution in [2.24, 2.45) is 0 Å². The van der Waals surface area contributed by atoms with E-state index in [0.717, 1.165) is 10.6 Å². The number of carboxylic acid groups (broad SMARTS) is 1. The third-order valence-corrected chi connectivity index (χ3v) is 4.42. The van der Waals surface area contributed by atoms with Crippen LogP contribution in [0.3, 0.4) is 0 Å². The molecule has 110 valence electrons. The first-order valence-electron chi connectivity index (χ1n) is 6.25. The molecule has 0 saturated carbocycles. The Balaban J connectivity index is 2.38. The van der Waals surface area contributed by atoms with Crippen molar-refractivity contribution < 1.29 is 9.90 Å². The molecule has 0 aliphatic rings. The third kappa shape index (κ3) is 4.13. The van der Waals surface area contributed by atoms with Crippen LogP contribution in [0.5, 0.6) is 0 Å². The average Bonchev–Trinajstić information content (AvgIpc) is 2.42. The number of halogens is 2. The summed E-state index contributed by atoms with van der Waals surface area (Å²) in [6.07, 6.45) is 0. The van der Waals surface area contributed by atoms with Crippen LogP contribution in [-0.4, -0.2) is 16.1 Å². The molecule has 6 heteroatoms. The van der Waals surface area contributed by atoms with Crippen molar-refractivity contribution in [3.05, 3.63) is 51.6 Å². The number of aromatic nitrogens is 1. The van der Waals surface area contributed by atoms with E-state index >= 15 is 0 Å². The molecule has 0 fully saturated rings. The van der Waals surface area contributed by atoms with Crippen LogP contribution < -0.4 is 0 Å². The molecule has 0 atom stereocenters. The highest BCUT2D eigenvalue weighted by Gasteiger charge is 2.12. The second kappa shape index (κ2) is 6.69.